The van der Waals surface area contributed by atoms with Crippen LogP contribution in [0.1, 0.15) is 32.6 Å². The summed E-state index contributed by atoms with van der Waals surface area (Å²) in [5.74, 6) is 0.693. The molecule has 1 amide bonds. The van der Waals surface area contributed by atoms with Gasteiger partial charge in [-0.05, 0) is 25.2 Å². The Hall–Kier alpha value is -0.570. The number of carbonyl (C=O) groups is 1. The summed E-state index contributed by atoms with van der Waals surface area (Å²) in [6.45, 7) is 2.73. The molecule has 1 saturated heterocycles. The summed E-state index contributed by atoms with van der Waals surface area (Å²) in [5, 5.41) is 9.39. The average molecular weight is 183 g/mol. The second-order valence-corrected chi connectivity index (χ2v) is 4.17. The number of fused-ring (bicyclic) bond motifs is 1. The van der Waals surface area contributed by atoms with Crippen molar-refractivity contribution >= 4 is 5.91 Å². The van der Waals surface area contributed by atoms with Crippen molar-refractivity contribution in [1.29, 1.82) is 0 Å². The van der Waals surface area contributed by atoms with Gasteiger partial charge in [-0.15, -0.1) is 0 Å². The molecule has 1 N–H and O–H groups in total. The quantitative estimate of drug-likeness (QED) is 0.687. The van der Waals surface area contributed by atoms with Gasteiger partial charge in [-0.25, -0.2) is 0 Å². The van der Waals surface area contributed by atoms with Gasteiger partial charge in [0, 0.05) is 12.6 Å². The molecule has 1 heterocycles. The smallest absolute Gasteiger partial charge is 0.251 e. The number of aliphatic hydroxyl groups excluding tert-OH is 1. The molecule has 3 unspecified atom stereocenters. The van der Waals surface area contributed by atoms with Crippen LogP contribution in [0.3, 0.4) is 0 Å². The van der Waals surface area contributed by atoms with Crippen LogP contribution in [0.15, 0.2) is 0 Å². The van der Waals surface area contributed by atoms with Crippen molar-refractivity contribution in [3.05, 3.63) is 0 Å². The highest BCUT2D eigenvalue weighted by Crippen LogP contribution is 2.39. The Balaban J connectivity index is 1.92. The first-order valence-electron chi connectivity index (χ1n) is 5.22. The van der Waals surface area contributed by atoms with E-state index in [-0.39, 0.29) is 5.91 Å². The third-order valence-corrected chi connectivity index (χ3v) is 3.41. The fourth-order valence-corrected chi connectivity index (χ4v) is 2.51. The summed E-state index contributed by atoms with van der Waals surface area (Å²) >= 11 is 0. The summed E-state index contributed by atoms with van der Waals surface area (Å²) in [4.78, 5) is 13.4. The number of rotatable bonds is 2. The van der Waals surface area contributed by atoms with E-state index in [1.54, 1.807) is 0 Å². The normalized spacial score (nSPS) is 33.8. The molecule has 2 fully saturated rings. The van der Waals surface area contributed by atoms with E-state index in [2.05, 4.69) is 0 Å². The van der Waals surface area contributed by atoms with Crippen LogP contribution in [-0.2, 0) is 4.79 Å². The molecule has 0 aromatic carbocycles. The molecule has 0 spiro atoms. The maximum Gasteiger partial charge on any atom is 0.251 e. The predicted molar refractivity (Wildman–Crippen MR) is 49.1 cm³/mol. The lowest BCUT2D eigenvalue weighted by atomic mass is 9.91. The molecular formula is C10H17NO2. The van der Waals surface area contributed by atoms with Crippen LogP contribution in [0.5, 0.6) is 0 Å². The van der Waals surface area contributed by atoms with Crippen LogP contribution in [0, 0.1) is 5.92 Å². The van der Waals surface area contributed by atoms with Gasteiger partial charge in [-0.3, -0.25) is 4.79 Å². The van der Waals surface area contributed by atoms with Crippen molar-refractivity contribution in [3.63, 3.8) is 0 Å². The molecule has 0 bridgehead atoms. The van der Waals surface area contributed by atoms with E-state index >= 15 is 0 Å². The summed E-state index contributed by atoms with van der Waals surface area (Å²) in [6.07, 6.45) is 3.44. The number of likely N-dealkylation sites (tertiary alicyclic amines) is 1. The zero-order valence-corrected chi connectivity index (χ0v) is 8.07. The van der Waals surface area contributed by atoms with Crippen molar-refractivity contribution in [3.8, 4) is 0 Å². The van der Waals surface area contributed by atoms with Gasteiger partial charge in [0.2, 0.25) is 0 Å². The number of hydrogen-bond donors (Lipinski definition) is 1. The first-order valence-corrected chi connectivity index (χ1v) is 5.22. The molecule has 1 saturated carbocycles. The molecule has 3 atom stereocenters. The van der Waals surface area contributed by atoms with Gasteiger partial charge in [-0.2, -0.15) is 0 Å². The van der Waals surface area contributed by atoms with Crippen molar-refractivity contribution in [1.82, 2.24) is 4.90 Å². The summed E-state index contributed by atoms with van der Waals surface area (Å²) < 4.78 is 0. The molecule has 2 aliphatic rings. The van der Waals surface area contributed by atoms with Gasteiger partial charge in [0.1, 0.15) is 6.10 Å². The minimum absolute atomic E-state index is 0.0503. The van der Waals surface area contributed by atoms with Crippen molar-refractivity contribution in [2.75, 3.05) is 6.54 Å². The first-order chi connectivity index (χ1) is 6.24. The Morgan fingerprint density at radius 1 is 1.62 bits per heavy atom. The number of amides is 1. The predicted octanol–water partition coefficient (Wildman–Crippen LogP) is 0.768. The highest BCUT2D eigenvalue weighted by Gasteiger charge is 2.45. The maximum atomic E-state index is 11.6. The largest absolute Gasteiger partial charge is 0.383 e. The third-order valence-electron chi connectivity index (χ3n) is 3.41. The van der Waals surface area contributed by atoms with Crippen molar-refractivity contribution in [2.45, 2.75) is 44.8 Å². The Morgan fingerprint density at radius 3 is 3.00 bits per heavy atom. The number of aliphatic hydroxyl groups is 1. The molecule has 2 rings (SSSR count). The average Bonchev–Trinajstić information content (AvgIpc) is 2.46. The molecule has 0 radical (unpaired) electrons. The van der Waals surface area contributed by atoms with Crippen LogP contribution < -0.4 is 0 Å². The lowest BCUT2D eigenvalue weighted by Gasteiger charge is -2.45. The van der Waals surface area contributed by atoms with E-state index in [9.17, 15) is 9.90 Å². The van der Waals surface area contributed by atoms with Crippen LogP contribution >= 0.6 is 0 Å². The van der Waals surface area contributed by atoms with E-state index in [0.29, 0.717) is 12.5 Å². The van der Waals surface area contributed by atoms with Crippen molar-refractivity contribution in [2.24, 2.45) is 5.92 Å². The van der Waals surface area contributed by atoms with Gasteiger partial charge in [-0.1, -0.05) is 13.3 Å². The molecule has 0 aromatic heterocycles. The molecule has 3 heteroatoms. The Kier molecular flexibility index (Phi) is 2.28. The minimum atomic E-state index is -0.762. The standard InChI is InChI=1S/C10H17NO2/c1-2-9(12)10(13)11-6-7-4-3-5-8(7)11/h7-9,12H,2-6H2,1H3. The minimum Gasteiger partial charge on any atom is -0.383 e. The fraction of sp³-hybridized carbons (Fsp3) is 0.900. The van der Waals surface area contributed by atoms with Gasteiger partial charge in [0.05, 0.1) is 0 Å². The van der Waals surface area contributed by atoms with E-state index < -0.39 is 6.10 Å². The van der Waals surface area contributed by atoms with Gasteiger partial charge >= 0.3 is 0 Å². The van der Waals surface area contributed by atoms with E-state index in [1.807, 2.05) is 11.8 Å². The molecule has 1 aliphatic carbocycles. The summed E-state index contributed by atoms with van der Waals surface area (Å²) in [5.41, 5.74) is 0. The number of hydrogen-bond acceptors (Lipinski definition) is 2. The lowest BCUT2D eigenvalue weighted by molar-refractivity contribution is -0.151. The molecule has 13 heavy (non-hydrogen) atoms. The van der Waals surface area contributed by atoms with E-state index in [4.69, 9.17) is 0 Å². The second kappa shape index (κ2) is 3.29. The fourth-order valence-electron chi connectivity index (χ4n) is 2.51. The zero-order chi connectivity index (χ0) is 9.42. The third kappa shape index (κ3) is 1.35. The van der Waals surface area contributed by atoms with Gasteiger partial charge in [0.15, 0.2) is 0 Å². The molecule has 3 nitrogen and oxygen atoms in total. The number of nitrogens with zero attached hydrogens (tertiary/aromatic N) is 1. The highest BCUT2D eigenvalue weighted by molar-refractivity contribution is 5.81. The maximum absolute atomic E-state index is 11.6. The van der Waals surface area contributed by atoms with Gasteiger partial charge in [0.25, 0.3) is 5.91 Å². The zero-order valence-electron chi connectivity index (χ0n) is 8.07. The highest BCUT2D eigenvalue weighted by atomic mass is 16.3. The van der Waals surface area contributed by atoms with Gasteiger partial charge < -0.3 is 10.0 Å². The van der Waals surface area contributed by atoms with Crippen LogP contribution in [0.25, 0.3) is 0 Å². The molecule has 74 valence electrons. The molecule has 0 aromatic rings. The monoisotopic (exact) mass is 183 g/mol. The number of carbonyl (C=O) groups excluding carboxylic acids is 1. The van der Waals surface area contributed by atoms with Crippen LogP contribution in [-0.4, -0.2) is 34.6 Å². The van der Waals surface area contributed by atoms with Crippen LogP contribution in [0.2, 0.25) is 0 Å². The Morgan fingerprint density at radius 2 is 2.38 bits per heavy atom. The second-order valence-electron chi connectivity index (χ2n) is 4.17. The first kappa shape index (κ1) is 9.00. The Labute approximate surface area is 78.7 Å². The van der Waals surface area contributed by atoms with Crippen molar-refractivity contribution < 1.29 is 9.90 Å². The molecule has 1 aliphatic heterocycles. The SMILES string of the molecule is CCC(O)C(=O)N1CC2CCCC21. The molecular weight excluding hydrogens is 166 g/mol. The van der Waals surface area contributed by atoms with Crippen LogP contribution in [0.4, 0.5) is 0 Å². The Bertz CT molecular complexity index is 217. The summed E-state index contributed by atoms with van der Waals surface area (Å²) in [7, 11) is 0. The topological polar surface area (TPSA) is 40.5 Å². The summed E-state index contributed by atoms with van der Waals surface area (Å²) in [6, 6.07) is 0.466. The van der Waals surface area contributed by atoms with E-state index in [0.717, 1.165) is 18.9 Å². The lowest BCUT2D eigenvalue weighted by Crippen LogP contribution is -2.58. The van der Waals surface area contributed by atoms with E-state index in [1.165, 1.54) is 12.8 Å².